The molecule has 1 heterocycles. The van der Waals surface area contributed by atoms with Crippen LogP contribution in [0.15, 0.2) is 48.5 Å². The Hall–Kier alpha value is -3.06. The normalized spacial score (nSPS) is 15.1. The van der Waals surface area contributed by atoms with E-state index in [9.17, 15) is 9.59 Å². The molecule has 0 saturated carbocycles. The molecule has 2 aromatic rings. The molecule has 0 fully saturated rings. The molecule has 148 valence electrons. The zero-order valence-electron chi connectivity index (χ0n) is 15.9. The average molecular weight is 383 g/mol. The summed E-state index contributed by atoms with van der Waals surface area (Å²) in [7, 11) is 2.00. The lowest BCUT2D eigenvalue weighted by atomic mass is 10.2. The Morgan fingerprint density at radius 2 is 1.82 bits per heavy atom. The number of likely N-dealkylation sites (N-methyl/N-ethyl adjacent to an activating group) is 1. The predicted octanol–water partition coefficient (Wildman–Crippen LogP) is 3.09. The van der Waals surface area contributed by atoms with Gasteiger partial charge in [-0.05, 0) is 56.3 Å². The minimum absolute atomic E-state index is 0.0232. The highest BCUT2D eigenvalue weighted by Crippen LogP contribution is 2.31. The van der Waals surface area contributed by atoms with E-state index in [4.69, 9.17) is 9.47 Å². The molecule has 1 aliphatic heterocycles. The molecule has 2 aromatic carbocycles. The minimum Gasteiger partial charge on any atom is -0.484 e. The van der Waals surface area contributed by atoms with Gasteiger partial charge in [0.15, 0.2) is 17.7 Å². The fourth-order valence-corrected chi connectivity index (χ4v) is 2.96. The number of rotatable bonds is 9. The Kier molecular flexibility index (Phi) is 6.86. The first kappa shape index (κ1) is 19.7. The standard InChI is InChI=1S/C21H25N3O4/c1-24(21-14-27-18-6-2-3-7-19(18)28-21)13-5-4-8-20(26)23-17-11-9-16(10-12-17)22-15-25/h2-3,6-7,9-12,15,21H,4-5,8,13-14H2,1H3,(H,22,25)(H,23,26)/t21-/m0/s1. The van der Waals surface area contributed by atoms with E-state index in [2.05, 4.69) is 15.5 Å². The van der Waals surface area contributed by atoms with Crippen molar-refractivity contribution in [3.05, 3.63) is 48.5 Å². The maximum Gasteiger partial charge on any atom is 0.224 e. The molecule has 7 nitrogen and oxygen atoms in total. The monoisotopic (exact) mass is 383 g/mol. The van der Waals surface area contributed by atoms with Gasteiger partial charge < -0.3 is 20.1 Å². The number of benzene rings is 2. The number of anilines is 2. The van der Waals surface area contributed by atoms with Crippen LogP contribution in [0, 0.1) is 0 Å². The molecule has 0 aromatic heterocycles. The second-order valence-electron chi connectivity index (χ2n) is 6.66. The van der Waals surface area contributed by atoms with E-state index in [1.807, 2.05) is 31.3 Å². The number of unbranched alkanes of at least 4 members (excludes halogenated alkanes) is 1. The Bertz CT molecular complexity index is 794. The molecule has 0 aliphatic carbocycles. The van der Waals surface area contributed by atoms with Crippen LogP contribution in [-0.2, 0) is 9.59 Å². The van der Waals surface area contributed by atoms with Gasteiger partial charge in [-0.3, -0.25) is 14.5 Å². The second-order valence-corrected chi connectivity index (χ2v) is 6.66. The molecular formula is C21H25N3O4. The highest BCUT2D eigenvalue weighted by atomic mass is 16.6. The van der Waals surface area contributed by atoms with E-state index in [1.54, 1.807) is 24.3 Å². The van der Waals surface area contributed by atoms with E-state index in [1.165, 1.54) is 0 Å². The van der Waals surface area contributed by atoms with Crippen molar-refractivity contribution in [2.24, 2.45) is 0 Å². The summed E-state index contributed by atoms with van der Waals surface area (Å²) in [5.41, 5.74) is 1.40. The highest BCUT2D eigenvalue weighted by Gasteiger charge is 2.23. The van der Waals surface area contributed by atoms with Crippen LogP contribution in [0.1, 0.15) is 19.3 Å². The van der Waals surface area contributed by atoms with Gasteiger partial charge in [-0.2, -0.15) is 0 Å². The second kappa shape index (κ2) is 9.75. The van der Waals surface area contributed by atoms with Crippen molar-refractivity contribution >= 4 is 23.7 Å². The molecule has 2 N–H and O–H groups in total. The maximum absolute atomic E-state index is 12.1. The quantitative estimate of drug-likeness (QED) is 0.514. The van der Waals surface area contributed by atoms with Crippen LogP contribution in [0.2, 0.25) is 0 Å². The fourth-order valence-electron chi connectivity index (χ4n) is 2.96. The fraction of sp³-hybridized carbons (Fsp3) is 0.333. The lowest BCUT2D eigenvalue weighted by Gasteiger charge is -2.32. The summed E-state index contributed by atoms with van der Waals surface area (Å²) in [5, 5.41) is 5.42. The van der Waals surface area contributed by atoms with Gasteiger partial charge in [0.1, 0.15) is 6.61 Å². The van der Waals surface area contributed by atoms with Crippen LogP contribution < -0.4 is 20.1 Å². The topological polar surface area (TPSA) is 79.9 Å². The van der Waals surface area contributed by atoms with Gasteiger partial charge in [0, 0.05) is 24.3 Å². The number of hydrogen-bond donors (Lipinski definition) is 2. The van der Waals surface area contributed by atoms with Crippen molar-refractivity contribution in [2.45, 2.75) is 25.5 Å². The van der Waals surface area contributed by atoms with Crippen LogP contribution >= 0.6 is 0 Å². The first-order chi connectivity index (χ1) is 13.7. The van der Waals surface area contributed by atoms with E-state index in [0.29, 0.717) is 30.8 Å². The summed E-state index contributed by atoms with van der Waals surface area (Å²) in [6.07, 6.45) is 2.61. The van der Waals surface area contributed by atoms with Gasteiger partial charge in [0.25, 0.3) is 0 Å². The number of ether oxygens (including phenoxy) is 2. The van der Waals surface area contributed by atoms with Gasteiger partial charge in [-0.1, -0.05) is 12.1 Å². The SMILES string of the molecule is CN(CCCCC(=O)Nc1ccc(NC=O)cc1)[C@@H]1COc2ccccc2O1. The molecule has 0 saturated heterocycles. The van der Waals surface area contributed by atoms with Crippen molar-refractivity contribution in [1.82, 2.24) is 4.90 Å². The number of nitrogens with one attached hydrogen (secondary N) is 2. The molecule has 0 unspecified atom stereocenters. The smallest absolute Gasteiger partial charge is 0.224 e. The van der Waals surface area contributed by atoms with Crippen molar-refractivity contribution < 1.29 is 19.1 Å². The molecule has 0 radical (unpaired) electrons. The molecular weight excluding hydrogens is 358 g/mol. The summed E-state index contributed by atoms with van der Waals surface area (Å²) in [4.78, 5) is 24.6. The Labute approximate surface area is 164 Å². The lowest BCUT2D eigenvalue weighted by Crippen LogP contribution is -2.43. The first-order valence-electron chi connectivity index (χ1n) is 9.34. The van der Waals surface area contributed by atoms with E-state index in [0.717, 1.165) is 30.9 Å². The molecule has 3 rings (SSSR count). The van der Waals surface area contributed by atoms with Crippen molar-refractivity contribution in [1.29, 1.82) is 0 Å². The number of para-hydroxylation sites is 2. The summed E-state index contributed by atoms with van der Waals surface area (Å²) in [6, 6.07) is 14.7. The van der Waals surface area contributed by atoms with Gasteiger partial charge >= 0.3 is 0 Å². The van der Waals surface area contributed by atoms with Crippen LogP contribution in [0.25, 0.3) is 0 Å². The maximum atomic E-state index is 12.1. The number of nitrogens with zero attached hydrogens (tertiary/aromatic N) is 1. The van der Waals surface area contributed by atoms with Gasteiger partial charge in [-0.25, -0.2) is 0 Å². The first-order valence-corrected chi connectivity index (χ1v) is 9.34. The largest absolute Gasteiger partial charge is 0.484 e. The number of hydrogen-bond acceptors (Lipinski definition) is 5. The van der Waals surface area contributed by atoms with Crippen LogP contribution in [0.3, 0.4) is 0 Å². The molecule has 7 heteroatoms. The van der Waals surface area contributed by atoms with Crippen molar-refractivity contribution in [2.75, 3.05) is 30.8 Å². The number of carbonyl (C=O) groups excluding carboxylic acids is 2. The zero-order chi connectivity index (χ0) is 19.8. The number of fused-ring (bicyclic) bond motifs is 1. The summed E-state index contributed by atoms with van der Waals surface area (Å²) in [5.74, 6) is 1.52. The average Bonchev–Trinajstić information content (AvgIpc) is 2.72. The third kappa shape index (κ3) is 5.47. The van der Waals surface area contributed by atoms with Crippen molar-refractivity contribution in [3.8, 4) is 11.5 Å². The predicted molar refractivity (Wildman–Crippen MR) is 108 cm³/mol. The Balaban J connectivity index is 1.35. The van der Waals surface area contributed by atoms with E-state index in [-0.39, 0.29) is 12.1 Å². The summed E-state index contributed by atoms with van der Waals surface area (Å²) in [6.45, 7) is 1.30. The highest BCUT2D eigenvalue weighted by molar-refractivity contribution is 5.91. The Morgan fingerprint density at radius 3 is 2.57 bits per heavy atom. The van der Waals surface area contributed by atoms with Gasteiger partial charge in [-0.15, -0.1) is 0 Å². The van der Waals surface area contributed by atoms with E-state index < -0.39 is 0 Å². The van der Waals surface area contributed by atoms with Crippen LogP contribution in [0.4, 0.5) is 11.4 Å². The van der Waals surface area contributed by atoms with Gasteiger partial charge in [0.2, 0.25) is 12.3 Å². The molecule has 1 aliphatic rings. The molecule has 2 amide bonds. The summed E-state index contributed by atoms with van der Waals surface area (Å²) < 4.78 is 11.7. The molecule has 28 heavy (non-hydrogen) atoms. The Morgan fingerprint density at radius 1 is 1.11 bits per heavy atom. The zero-order valence-corrected chi connectivity index (χ0v) is 15.9. The molecule has 0 spiro atoms. The van der Waals surface area contributed by atoms with Crippen LogP contribution in [0.5, 0.6) is 11.5 Å². The third-order valence-electron chi connectivity index (χ3n) is 4.54. The number of amides is 2. The minimum atomic E-state index is -0.123. The summed E-state index contributed by atoms with van der Waals surface area (Å²) >= 11 is 0. The molecule has 1 atom stereocenters. The van der Waals surface area contributed by atoms with E-state index >= 15 is 0 Å². The van der Waals surface area contributed by atoms with Gasteiger partial charge in [0.05, 0.1) is 0 Å². The molecule has 0 bridgehead atoms. The van der Waals surface area contributed by atoms with Crippen LogP contribution in [-0.4, -0.2) is 43.6 Å². The lowest BCUT2D eigenvalue weighted by molar-refractivity contribution is -0.116. The third-order valence-corrected chi connectivity index (χ3v) is 4.54. The number of carbonyl (C=O) groups is 2. The van der Waals surface area contributed by atoms with Crippen molar-refractivity contribution in [3.63, 3.8) is 0 Å².